The van der Waals surface area contributed by atoms with Crippen molar-refractivity contribution in [3.63, 3.8) is 0 Å². The van der Waals surface area contributed by atoms with E-state index in [1.807, 2.05) is 40.7 Å². The Bertz CT molecular complexity index is 495. The van der Waals surface area contributed by atoms with Crippen molar-refractivity contribution in [2.24, 2.45) is 0 Å². The van der Waals surface area contributed by atoms with Crippen LogP contribution >= 0.6 is 0 Å². The Morgan fingerprint density at radius 1 is 1.20 bits per heavy atom. The molecule has 1 aliphatic rings. The van der Waals surface area contributed by atoms with Crippen LogP contribution in [0.5, 0.6) is 5.75 Å². The Balaban J connectivity index is 2.37. The largest absolute Gasteiger partial charge is 0.495 e. The third-order valence-corrected chi connectivity index (χ3v) is 4.00. The number of ether oxygens (including phenoxy) is 1. The average molecular weight is 276 g/mol. The number of carbonyl (C=O) groups is 1. The summed E-state index contributed by atoms with van der Waals surface area (Å²) in [7, 11) is -0.555. The van der Waals surface area contributed by atoms with Gasteiger partial charge in [-0.3, -0.25) is 4.79 Å². The zero-order valence-corrected chi connectivity index (χ0v) is 12.7. The van der Waals surface area contributed by atoms with E-state index < -0.39 is 18.3 Å². The first kappa shape index (κ1) is 15.1. The molecule has 1 aromatic rings. The van der Waals surface area contributed by atoms with E-state index in [0.29, 0.717) is 23.4 Å². The van der Waals surface area contributed by atoms with Gasteiger partial charge in [-0.15, -0.1) is 0 Å². The Hall–Kier alpha value is -1.33. The summed E-state index contributed by atoms with van der Waals surface area (Å²) < 4.78 is 17.5. The van der Waals surface area contributed by atoms with Gasteiger partial charge in [0.25, 0.3) is 0 Å². The summed E-state index contributed by atoms with van der Waals surface area (Å²) in [4.78, 5) is 11.2. The molecule has 5 heteroatoms. The van der Waals surface area contributed by atoms with Crippen molar-refractivity contribution in [3.8, 4) is 5.75 Å². The van der Waals surface area contributed by atoms with Gasteiger partial charge in [-0.1, -0.05) is 0 Å². The molecule has 0 unspecified atom stereocenters. The highest BCUT2D eigenvalue weighted by atomic mass is 16.7. The van der Waals surface area contributed by atoms with Crippen molar-refractivity contribution in [1.29, 1.82) is 0 Å². The predicted molar refractivity (Wildman–Crippen MR) is 78.7 cm³/mol. The lowest BCUT2D eigenvalue weighted by Crippen LogP contribution is -2.41. The minimum absolute atomic E-state index is 0.431. The second-order valence-corrected chi connectivity index (χ2v) is 5.93. The molecule has 0 N–H and O–H groups in total. The number of hydrogen-bond acceptors (Lipinski definition) is 4. The monoisotopic (exact) mass is 276 g/mol. The molecule has 1 heterocycles. The zero-order chi connectivity index (χ0) is 15.0. The number of carbonyl (C=O) groups excluding carboxylic acids is 1. The molecular formula is C15H21BO4. The lowest BCUT2D eigenvalue weighted by atomic mass is 9.76. The fraction of sp³-hybridized carbons (Fsp3) is 0.533. The van der Waals surface area contributed by atoms with E-state index in [1.165, 1.54) is 0 Å². The van der Waals surface area contributed by atoms with Crippen molar-refractivity contribution in [1.82, 2.24) is 0 Å². The van der Waals surface area contributed by atoms with Gasteiger partial charge in [0, 0.05) is 5.56 Å². The van der Waals surface area contributed by atoms with Gasteiger partial charge in [-0.2, -0.15) is 0 Å². The molecule has 0 aromatic heterocycles. The third kappa shape index (κ3) is 2.60. The number of aldehydes is 1. The van der Waals surface area contributed by atoms with Gasteiger partial charge in [0.1, 0.15) is 12.0 Å². The van der Waals surface area contributed by atoms with Gasteiger partial charge in [0.05, 0.1) is 17.8 Å². The molecule has 0 saturated carbocycles. The van der Waals surface area contributed by atoms with Gasteiger partial charge >= 0.3 is 7.12 Å². The highest BCUT2D eigenvalue weighted by molar-refractivity contribution is 6.63. The van der Waals surface area contributed by atoms with E-state index in [2.05, 4.69) is 0 Å². The van der Waals surface area contributed by atoms with Crippen LogP contribution in [0.4, 0.5) is 0 Å². The summed E-state index contributed by atoms with van der Waals surface area (Å²) in [5.74, 6) is 0.711. The molecule has 0 bridgehead atoms. The lowest BCUT2D eigenvalue weighted by Gasteiger charge is -2.32. The highest BCUT2D eigenvalue weighted by Gasteiger charge is 2.52. The van der Waals surface area contributed by atoms with Crippen LogP contribution in [0.15, 0.2) is 18.2 Å². The molecule has 0 amide bonds. The van der Waals surface area contributed by atoms with Gasteiger partial charge < -0.3 is 14.0 Å². The van der Waals surface area contributed by atoms with Crippen LogP contribution in [0.1, 0.15) is 45.0 Å². The zero-order valence-electron chi connectivity index (χ0n) is 12.7. The van der Waals surface area contributed by atoms with Crippen LogP contribution in [0.3, 0.4) is 0 Å². The van der Waals surface area contributed by atoms with Gasteiger partial charge in [-0.25, -0.2) is 0 Å². The van der Waals surface area contributed by atoms with Crippen molar-refractivity contribution >= 4 is 18.9 Å². The summed E-state index contributed by atoms with van der Waals surface area (Å²) in [6, 6.07) is 5.33. The number of rotatable bonds is 4. The summed E-state index contributed by atoms with van der Waals surface area (Å²) in [5, 5.41) is 0. The molecular weight excluding hydrogens is 255 g/mol. The van der Waals surface area contributed by atoms with E-state index in [1.54, 1.807) is 12.1 Å². The van der Waals surface area contributed by atoms with Crippen molar-refractivity contribution in [3.05, 3.63) is 23.8 Å². The predicted octanol–water partition coefficient (Wildman–Crippen LogP) is 2.20. The van der Waals surface area contributed by atoms with Crippen molar-refractivity contribution in [2.75, 3.05) is 6.61 Å². The molecule has 20 heavy (non-hydrogen) atoms. The quantitative estimate of drug-likeness (QED) is 0.624. The fourth-order valence-electron chi connectivity index (χ4n) is 2.09. The molecule has 0 spiro atoms. The topological polar surface area (TPSA) is 44.8 Å². The van der Waals surface area contributed by atoms with Crippen molar-refractivity contribution in [2.45, 2.75) is 45.8 Å². The first-order valence-electron chi connectivity index (χ1n) is 6.88. The molecule has 1 saturated heterocycles. The number of benzene rings is 1. The third-order valence-electron chi connectivity index (χ3n) is 4.00. The van der Waals surface area contributed by atoms with E-state index in [4.69, 9.17) is 14.0 Å². The highest BCUT2D eigenvalue weighted by Crippen LogP contribution is 2.36. The molecule has 0 atom stereocenters. The van der Waals surface area contributed by atoms with E-state index >= 15 is 0 Å². The molecule has 1 fully saturated rings. The standard InChI is InChI=1S/C15H21BO4/c1-6-18-12-8-7-11(10-17)13(9-12)16-19-14(2,3)15(4,5)20-16/h7-10H,6H2,1-5H3. The van der Waals surface area contributed by atoms with Gasteiger partial charge in [0.2, 0.25) is 0 Å². The summed E-state index contributed by atoms with van der Waals surface area (Å²) in [5.41, 5.74) is 0.412. The van der Waals surface area contributed by atoms with E-state index in [-0.39, 0.29) is 0 Å². The maximum atomic E-state index is 11.2. The second kappa shape index (κ2) is 5.22. The normalized spacial score (nSPS) is 19.9. The fourth-order valence-corrected chi connectivity index (χ4v) is 2.09. The Kier molecular flexibility index (Phi) is 3.94. The van der Waals surface area contributed by atoms with Crippen molar-refractivity contribution < 1.29 is 18.8 Å². The number of hydrogen-bond donors (Lipinski definition) is 0. The average Bonchev–Trinajstić information content (AvgIpc) is 2.59. The summed E-state index contributed by atoms with van der Waals surface area (Å²) in [6.45, 7) is 10.4. The lowest BCUT2D eigenvalue weighted by molar-refractivity contribution is 0.00578. The SMILES string of the molecule is CCOc1ccc(C=O)c(B2OC(C)(C)C(C)(C)O2)c1. The van der Waals surface area contributed by atoms with E-state index in [9.17, 15) is 4.79 Å². The summed E-state index contributed by atoms with van der Waals surface area (Å²) in [6.07, 6.45) is 0.816. The maximum absolute atomic E-state index is 11.2. The maximum Gasteiger partial charge on any atom is 0.495 e. The smallest absolute Gasteiger partial charge is 0.494 e. The van der Waals surface area contributed by atoms with E-state index in [0.717, 1.165) is 6.29 Å². The molecule has 1 aliphatic heterocycles. The molecule has 1 aromatic carbocycles. The van der Waals surface area contributed by atoms with Crippen LogP contribution in [0.2, 0.25) is 0 Å². The Morgan fingerprint density at radius 2 is 1.80 bits per heavy atom. The van der Waals surface area contributed by atoms with Gasteiger partial charge in [-0.05, 0) is 58.3 Å². The van der Waals surface area contributed by atoms with Crippen LogP contribution in [-0.2, 0) is 9.31 Å². The van der Waals surface area contributed by atoms with Crippen LogP contribution in [0.25, 0.3) is 0 Å². The minimum Gasteiger partial charge on any atom is -0.494 e. The van der Waals surface area contributed by atoms with Gasteiger partial charge in [0.15, 0.2) is 0 Å². The molecule has 2 rings (SSSR count). The molecule has 0 aliphatic carbocycles. The molecule has 4 nitrogen and oxygen atoms in total. The summed E-state index contributed by atoms with van der Waals surface area (Å²) >= 11 is 0. The van der Waals surface area contributed by atoms with Crippen LogP contribution in [0, 0.1) is 0 Å². The first-order valence-corrected chi connectivity index (χ1v) is 6.88. The Morgan fingerprint density at radius 3 is 2.30 bits per heavy atom. The van der Waals surface area contributed by atoms with Crippen LogP contribution < -0.4 is 10.2 Å². The Labute approximate surface area is 120 Å². The second-order valence-electron chi connectivity index (χ2n) is 5.93. The molecule has 108 valence electrons. The van der Waals surface area contributed by atoms with Crippen LogP contribution in [-0.4, -0.2) is 31.2 Å². The first-order chi connectivity index (χ1) is 9.30. The minimum atomic E-state index is -0.555. The molecule has 0 radical (unpaired) electrons.